The molecule has 4 heterocycles. The van der Waals surface area contributed by atoms with Gasteiger partial charge in [-0.3, -0.25) is 4.79 Å². The molecule has 10 nitrogen and oxygen atoms in total. The van der Waals surface area contributed by atoms with E-state index in [1.807, 2.05) is 0 Å². The van der Waals surface area contributed by atoms with Crippen molar-refractivity contribution in [1.29, 1.82) is 0 Å². The number of fused-ring (bicyclic) bond motifs is 2. The second kappa shape index (κ2) is 7.42. The van der Waals surface area contributed by atoms with E-state index in [4.69, 9.17) is 4.74 Å². The summed E-state index contributed by atoms with van der Waals surface area (Å²) in [6.45, 7) is 0.986. The van der Waals surface area contributed by atoms with Crippen molar-refractivity contribution in [3.63, 3.8) is 0 Å². The number of hydrogen-bond acceptors (Lipinski definition) is 7. The summed E-state index contributed by atoms with van der Waals surface area (Å²) in [6.07, 6.45) is 4.81. The summed E-state index contributed by atoms with van der Waals surface area (Å²) >= 11 is 0. The SMILES string of the molecule is Cn1c(C(=O)N=O)c(OC[C@H]2CCCN2c2ncnc3nc[nH]c23)c2cc(F)ccc21. The molecule has 0 unspecified atom stereocenters. The van der Waals surface area contributed by atoms with Gasteiger partial charge < -0.3 is 19.2 Å². The summed E-state index contributed by atoms with van der Waals surface area (Å²) in [4.78, 5) is 41.1. The van der Waals surface area contributed by atoms with Gasteiger partial charge in [0.05, 0.1) is 17.9 Å². The minimum absolute atomic E-state index is 0.00172. The molecule has 0 bridgehead atoms. The Kier molecular flexibility index (Phi) is 4.57. The Morgan fingerprint density at radius 2 is 2.23 bits per heavy atom. The van der Waals surface area contributed by atoms with E-state index in [2.05, 4.69) is 30.0 Å². The molecule has 1 fully saturated rings. The molecule has 0 spiro atoms. The maximum Gasteiger partial charge on any atom is 0.336 e. The van der Waals surface area contributed by atoms with Gasteiger partial charge in [0, 0.05) is 24.2 Å². The maximum atomic E-state index is 13.9. The van der Waals surface area contributed by atoms with Gasteiger partial charge in [-0.15, -0.1) is 4.91 Å². The zero-order valence-electron chi connectivity index (χ0n) is 16.6. The summed E-state index contributed by atoms with van der Waals surface area (Å²) in [5, 5.41) is 2.96. The number of carbonyl (C=O) groups excluding carboxylic acids is 1. The number of halogens is 1. The topological polar surface area (TPSA) is 118 Å². The molecule has 5 rings (SSSR count). The highest BCUT2D eigenvalue weighted by Gasteiger charge is 2.30. The second-order valence-corrected chi connectivity index (χ2v) is 7.39. The van der Waals surface area contributed by atoms with E-state index in [1.54, 1.807) is 13.4 Å². The number of aromatic amines is 1. The Labute approximate surface area is 175 Å². The van der Waals surface area contributed by atoms with E-state index >= 15 is 0 Å². The first-order valence-electron chi connectivity index (χ1n) is 9.77. The number of benzene rings is 1. The first kappa shape index (κ1) is 19.1. The van der Waals surface area contributed by atoms with Crippen LogP contribution in [0.4, 0.5) is 10.2 Å². The predicted octanol–water partition coefficient (Wildman–Crippen LogP) is 2.94. The van der Waals surface area contributed by atoms with E-state index in [0.717, 1.165) is 30.7 Å². The van der Waals surface area contributed by atoms with Crippen molar-refractivity contribution in [3.05, 3.63) is 47.3 Å². The molecule has 0 aliphatic carbocycles. The molecule has 1 aromatic carbocycles. The lowest BCUT2D eigenvalue weighted by molar-refractivity contribution is 0.0989. The van der Waals surface area contributed by atoms with Gasteiger partial charge in [0.1, 0.15) is 24.3 Å². The minimum Gasteiger partial charge on any atom is -0.488 e. The number of hydrogen-bond donors (Lipinski definition) is 1. The Morgan fingerprint density at radius 3 is 3.06 bits per heavy atom. The molecule has 1 aliphatic rings. The number of nitroso groups, excluding NO2 is 1. The van der Waals surface area contributed by atoms with Crippen molar-refractivity contribution in [2.75, 3.05) is 18.1 Å². The van der Waals surface area contributed by atoms with E-state index in [1.165, 1.54) is 29.1 Å². The fourth-order valence-electron chi connectivity index (χ4n) is 4.25. The van der Waals surface area contributed by atoms with Crippen LogP contribution in [-0.4, -0.2) is 49.6 Å². The van der Waals surface area contributed by atoms with Crippen molar-refractivity contribution in [3.8, 4) is 5.75 Å². The van der Waals surface area contributed by atoms with Crippen molar-refractivity contribution in [2.24, 2.45) is 12.2 Å². The third-order valence-corrected chi connectivity index (χ3v) is 5.67. The molecule has 1 atom stereocenters. The van der Waals surface area contributed by atoms with E-state index < -0.39 is 11.7 Å². The van der Waals surface area contributed by atoms with E-state index in [9.17, 15) is 14.1 Å². The maximum absolute atomic E-state index is 13.9. The van der Waals surface area contributed by atoms with E-state index in [-0.39, 0.29) is 24.1 Å². The Bertz CT molecular complexity index is 1320. The summed E-state index contributed by atoms with van der Waals surface area (Å²) in [5.74, 6) is -0.551. The molecule has 3 aromatic heterocycles. The largest absolute Gasteiger partial charge is 0.488 e. The number of nitrogens with one attached hydrogen (secondary N) is 1. The van der Waals surface area contributed by atoms with Crippen molar-refractivity contribution >= 4 is 33.8 Å². The fraction of sp³-hybridized carbons (Fsp3) is 0.300. The highest BCUT2D eigenvalue weighted by atomic mass is 19.1. The average molecular weight is 423 g/mol. The van der Waals surface area contributed by atoms with Crippen LogP contribution in [0.3, 0.4) is 0 Å². The number of rotatable bonds is 5. The molecule has 1 amide bonds. The van der Waals surface area contributed by atoms with Crippen LogP contribution in [0.25, 0.3) is 22.1 Å². The minimum atomic E-state index is -0.965. The van der Waals surface area contributed by atoms with Gasteiger partial charge in [-0.2, -0.15) is 0 Å². The van der Waals surface area contributed by atoms with Gasteiger partial charge in [0.25, 0.3) is 0 Å². The molecule has 4 aromatic rings. The molecule has 1 N–H and O–H groups in total. The summed E-state index contributed by atoms with van der Waals surface area (Å²) in [7, 11) is 1.61. The number of imidazole rings is 1. The molecule has 11 heteroatoms. The van der Waals surface area contributed by atoms with Crippen molar-refractivity contribution < 1.29 is 13.9 Å². The molecular weight excluding hydrogens is 405 g/mol. The summed E-state index contributed by atoms with van der Waals surface area (Å²) < 4.78 is 21.5. The third-order valence-electron chi connectivity index (χ3n) is 5.67. The van der Waals surface area contributed by atoms with Gasteiger partial charge >= 0.3 is 5.91 Å². The molecule has 1 aliphatic heterocycles. The van der Waals surface area contributed by atoms with Gasteiger partial charge in [0.15, 0.2) is 22.9 Å². The number of ether oxygens (including phenoxy) is 1. The molecule has 0 saturated carbocycles. The molecule has 0 radical (unpaired) electrons. The Morgan fingerprint density at radius 1 is 1.35 bits per heavy atom. The highest BCUT2D eigenvalue weighted by molar-refractivity contribution is 6.04. The van der Waals surface area contributed by atoms with Gasteiger partial charge in [-0.1, -0.05) is 0 Å². The number of nitrogens with zero attached hydrogens (tertiary/aromatic N) is 6. The lowest BCUT2D eigenvalue weighted by atomic mass is 10.2. The van der Waals surface area contributed by atoms with Crippen molar-refractivity contribution in [1.82, 2.24) is 24.5 Å². The van der Waals surface area contributed by atoms with Crippen LogP contribution < -0.4 is 9.64 Å². The molecular formula is C20H18FN7O3. The van der Waals surface area contributed by atoms with Crippen LogP contribution in [0.15, 0.2) is 36.0 Å². The lowest BCUT2D eigenvalue weighted by Crippen LogP contribution is -2.35. The quantitative estimate of drug-likeness (QED) is 0.490. The first-order valence-corrected chi connectivity index (χ1v) is 9.77. The normalized spacial score (nSPS) is 16.3. The number of carbonyl (C=O) groups is 1. The Hall–Kier alpha value is -3.89. The van der Waals surface area contributed by atoms with Crippen LogP contribution in [-0.2, 0) is 7.05 Å². The number of H-pyrrole nitrogens is 1. The van der Waals surface area contributed by atoms with Crippen LogP contribution >= 0.6 is 0 Å². The average Bonchev–Trinajstić information content (AvgIpc) is 3.49. The monoisotopic (exact) mass is 423 g/mol. The number of anilines is 1. The molecule has 158 valence electrons. The third kappa shape index (κ3) is 3.09. The zero-order chi connectivity index (χ0) is 21.5. The van der Waals surface area contributed by atoms with Crippen molar-refractivity contribution in [2.45, 2.75) is 18.9 Å². The van der Waals surface area contributed by atoms with Crippen LogP contribution in [0, 0.1) is 10.7 Å². The lowest BCUT2D eigenvalue weighted by Gasteiger charge is -2.25. The smallest absolute Gasteiger partial charge is 0.336 e. The number of aryl methyl sites for hydroxylation is 1. The van der Waals surface area contributed by atoms with Gasteiger partial charge in [-0.05, 0) is 31.0 Å². The van der Waals surface area contributed by atoms with Gasteiger partial charge in [-0.25, -0.2) is 19.3 Å². The fourth-order valence-corrected chi connectivity index (χ4v) is 4.25. The number of aromatic nitrogens is 5. The standard InChI is InChI=1S/C20H18FN7O3/c1-27-14-5-4-11(21)7-13(14)17(16(27)20(29)26-30)31-8-12-3-2-6-28(12)19-15-18(23-9-22-15)24-10-25-19/h4-5,7,9-10,12H,2-3,6,8H2,1H3,(H,22,23,24,25)/t12-/m1/s1. The van der Waals surface area contributed by atoms with Gasteiger partial charge in [0.2, 0.25) is 0 Å². The molecule has 31 heavy (non-hydrogen) atoms. The summed E-state index contributed by atoms with van der Waals surface area (Å²) in [5.41, 5.74) is 1.88. The number of amides is 1. The Balaban J connectivity index is 1.49. The van der Waals surface area contributed by atoms with E-state index in [0.29, 0.717) is 16.6 Å². The van der Waals surface area contributed by atoms with Crippen LogP contribution in [0.2, 0.25) is 0 Å². The highest BCUT2D eigenvalue weighted by Crippen LogP contribution is 2.35. The first-order chi connectivity index (χ1) is 15.1. The van der Waals surface area contributed by atoms with Crippen LogP contribution in [0.1, 0.15) is 23.3 Å². The second-order valence-electron chi connectivity index (χ2n) is 7.39. The summed E-state index contributed by atoms with van der Waals surface area (Å²) in [6, 6.07) is 4.07. The van der Waals surface area contributed by atoms with Crippen LogP contribution in [0.5, 0.6) is 5.75 Å². The molecule has 1 saturated heterocycles. The predicted molar refractivity (Wildman–Crippen MR) is 111 cm³/mol. The zero-order valence-corrected chi connectivity index (χ0v) is 16.6.